The van der Waals surface area contributed by atoms with E-state index >= 15 is 0 Å². The highest BCUT2D eigenvalue weighted by Crippen LogP contribution is 2.25. The molecule has 0 aromatic heterocycles. The van der Waals surface area contributed by atoms with Crippen LogP contribution in [0.5, 0.6) is 0 Å². The highest BCUT2D eigenvalue weighted by molar-refractivity contribution is 7.86. The molecule has 0 atom stereocenters. The molecule has 0 amide bonds. The van der Waals surface area contributed by atoms with Crippen molar-refractivity contribution in [2.45, 2.75) is 19.5 Å². The summed E-state index contributed by atoms with van der Waals surface area (Å²) >= 11 is 0. The number of nitrogens with zero attached hydrogens (tertiary/aromatic N) is 2. The van der Waals surface area contributed by atoms with Crippen molar-refractivity contribution in [2.75, 3.05) is 13.6 Å². The first kappa shape index (κ1) is 14.0. The Morgan fingerprint density at radius 2 is 1.84 bits per heavy atom. The molecule has 1 aliphatic rings. The molecule has 0 saturated carbocycles. The maximum Gasteiger partial charge on any atom is 0.304 e. The summed E-state index contributed by atoms with van der Waals surface area (Å²) in [5.74, 6) is -1.01. The standard InChI is InChI=1S/C12H16N2O4S/c1-13(7-6-12(15)16)19(17,18)14-8-10-4-2-3-5-11(10)9-14/h2-5H,6-9H2,1H3,(H,15,16). The van der Waals surface area contributed by atoms with E-state index in [2.05, 4.69) is 0 Å². The summed E-state index contributed by atoms with van der Waals surface area (Å²) in [6.07, 6.45) is -0.198. The maximum absolute atomic E-state index is 12.3. The number of hydrogen-bond donors (Lipinski definition) is 1. The second kappa shape index (κ2) is 5.28. The van der Waals surface area contributed by atoms with Crippen LogP contribution in [0.2, 0.25) is 0 Å². The van der Waals surface area contributed by atoms with E-state index in [0.717, 1.165) is 15.4 Å². The minimum Gasteiger partial charge on any atom is -0.481 e. The lowest BCUT2D eigenvalue weighted by Gasteiger charge is -2.23. The molecule has 2 rings (SSSR count). The summed E-state index contributed by atoms with van der Waals surface area (Å²) in [5.41, 5.74) is 2.00. The number of aliphatic carboxylic acids is 1. The largest absolute Gasteiger partial charge is 0.481 e. The van der Waals surface area contributed by atoms with Gasteiger partial charge in [-0.2, -0.15) is 17.0 Å². The van der Waals surface area contributed by atoms with Gasteiger partial charge in [0.25, 0.3) is 10.2 Å². The summed E-state index contributed by atoms with van der Waals surface area (Å²) in [7, 11) is -2.19. The topological polar surface area (TPSA) is 77.9 Å². The Morgan fingerprint density at radius 3 is 2.32 bits per heavy atom. The molecule has 0 fully saturated rings. The number of fused-ring (bicyclic) bond motifs is 1. The van der Waals surface area contributed by atoms with Crippen LogP contribution < -0.4 is 0 Å². The lowest BCUT2D eigenvalue weighted by molar-refractivity contribution is -0.137. The van der Waals surface area contributed by atoms with Gasteiger partial charge >= 0.3 is 5.97 Å². The van der Waals surface area contributed by atoms with Crippen molar-refractivity contribution in [2.24, 2.45) is 0 Å². The zero-order valence-corrected chi connectivity index (χ0v) is 11.4. The van der Waals surface area contributed by atoms with Crippen LogP contribution in [0.15, 0.2) is 24.3 Å². The van der Waals surface area contributed by atoms with Gasteiger partial charge in [-0.05, 0) is 11.1 Å². The summed E-state index contributed by atoms with van der Waals surface area (Å²) < 4.78 is 27.0. The van der Waals surface area contributed by atoms with Gasteiger partial charge in [0.1, 0.15) is 0 Å². The van der Waals surface area contributed by atoms with Crippen LogP contribution in [0.4, 0.5) is 0 Å². The van der Waals surface area contributed by atoms with Crippen molar-refractivity contribution in [1.29, 1.82) is 0 Å². The van der Waals surface area contributed by atoms with E-state index in [-0.39, 0.29) is 13.0 Å². The van der Waals surface area contributed by atoms with Crippen LogP contribution >= 0.6 is 0 Å². The van der Waals surface area contributed by atoms with E-state index in [0.29, 0.717) is 13.1 Å². The number of hydrogen-bond acceptors (Lipinski definition) is 3. The predicted octanol–water partition coefficient (Wildman–Crippen LogP) is 0.653. The van der Waals surface area contributed by atoms with Crippen molar-refractivity contribution < 1.29 is 18.3 Å². The monoisotopic (exact) mass is 284 g/mol. The second-order valence-electron chi connectivity index (χ2n) is 4.51. The van der Waals surface area contributed by atoms with E-state index in [9.17, 15) is 13.2 Å². The molecular weight excluding hydrogens is 268 g/mol. The van der Waals surface area contributed by atoms with E-state index in [1.54, 1.807) is 0 Å². The Morgan fingerprint density at radius 1 is 1.32 bits per heavy atom. The van der Waals surface area contributed by atoms with Gasteiger partial charge in [0, 0.05) is 26.7 Å². The highest BCUT2D eigenvalue weighted by Gasteiger charge is 2.32. The molecule has 0 spiro atoms. The van der Waals surface area contributed by atoms with Crippen LogP contribution in [0.25, 0.3) is 0 Å². The second-order valence-corrected chi connectivity index (χ2v) is 6.55. The minimum atomic E-state index is -3.60. The fraction of sp³-hybridized carbons (Fsp3) is 0.417. The first-order chi connectivity index (χ1) is 8.91. The van der Waals surface area contributed by atoms with Crippen molar-refractivity contribution in [3.05, 3.63) is 35.4 Å². The fourth-order valence-corrected chi connectivity index (χ4v) is 3.35. The molecule has 0 aliphatic carbocycles. The third-order valence-electron chi connectivity index (χ3n) is 3.17. The third kappa shape index (κ3) is 2.94. The molecule has 1 heterocycles. The van der Waals surface area contributed by atoms with E-state index < -0.39 is 16.2 Å². The van der Waals surface area contributed by atoms with Gasteiger partial charge in [0.2, 0.25) is 0 Å². The smallest absolute Gasteiger partial charge is 0.304 e. The molecule has 19 heavy (non-hydrogen) atoms. The molecule has 0 saturated heterocycles. The van der Waals surface area contributed by atoms with Crippen LogP contribution in [0, 0.1) is 0 Å². The van der Waals surface area contributed by atoms with Gasteiger partial charge < -0.3 is 5.11 Å². The van der Waals surface area contributed by atoms with Gasteiger partial charge in [-0.25, -0.2) is 0 Å². The van der Waals surface area contributed by atoms with E-state index in [4.69, 9.17) is 5.11 Å². The fourth-order valence-electron chi connectivity index (χ4n) is 2.03. The molecule has 1 aromatic carbocycles. The Kier molecular flexibility index (Phi) is 3.88. The number of carbonyl (C=O) groups is 1. The van der Waals surface area contributed by atoms with Crippen LogP contribution in [-0.2, 0) is 28.1 Å². The minimum absolute atomic E-state index is 0.0233. The number of carboxylic acids is 1. The summed E-state index contributed by atoms with van der Waals surface area (Å²) in [6, 6.07) is 7.57. The molecular formula is C12H16N2O4S. The van der Waals surface area contributed by atoms with Crippen LogP contribution in [0.1, 0.15) is 17.5 Å². The van der Waals surface area contributed by atoms with Gasteiger partial charge in [0.05, 0.1) is 6.42 Å². The van der Waals surface area contributed by atoms with Gasteiger partial charge in [-0.1, -0.05) is 24.3 Å². The third-order valence-corrected chi connectivity index (χ3v) is 5.05. The van der Waals surface area contributed by atoms with Gasteiger partial charge in [-0.3, -0.25) is 4.79 Å². The number of carboxylic acid groups (broad SMARTS) is 1. The quantitative estimate of drug-likeness (QED) is 0.861. The molecule has 0 bridgehead atoms. The Bertz CT molecular complexity index is 560. The molecule has 7 heteroatoms. The molecule has 1 aromatic rings. The molecule has 104 valence electrons. The predicted molar refractivity (Wildman–Crippen MR) is 69.5 cm³/mol. The summed E-state index contributed by atoms with van der Waals surface area (Å²) in [5, 5.41) is 8.60. The summed E-state index contributed by atoms with van der Waals surface area (Å²) in [6.45, 7) is 0.663. The SMILES string of the molecule is CN(CCC(=O)O)S(=O)(=O)N1Cc2ccccc2C1. The molecule has 0 unspecified atom stereocenters. The number of benzene rings is 1. The summed E-state index contributed by atoms with van der Waals surface area (Å²) in [4.78, 5) is 10.5. The zero-order valence-electron chi connectivity index (χ0n) is 10.6. The van der Waals surface area contributed by atoms with Crippen molar-refractivity contribution in [3.63, 3.8) is 0 Å². The van der Waals surface area contributed by atoms with Gasteiger partial charge in [-0.15, -0.1) is 0 Å². The van der Waals surface area contributed by atoms with Gasteiger partial charge in [0.15, 0.2) is 0 Å². The van der Waals surface area contributed by atoms with E-state index in [1.807, 2.05) is 24.3 Å². The molecule has 1 aliphatic heterocycles. The Balaban J connectivity index is 2.08. The van der Waals surface area contributed by atoms with Crippen LogP contribution in [-0.4, -0.2) is 41.7 Å². The average Bonchev–Trinajstić information content (AvgIpc) is 2.80. The normalized spacial score (nSPS) is 15.7. The first-order valence-corrected chi connectivity index (χ1v) is 7.31. The zero-order chi connectivity index (χ0) is 14.0. The van der Waals surface area contributed by atoms with Crippen molar-refractivity contribution in [3.8, 4) is 0 Å². The van der Waals surface area contributed by atoms with Crippen LogP contribution in [0.3, 0.4) is 0 Å². The highest BCUT2D eigenvalue weighted by atomic mass is 32.2. The first-order valence-electron chi connectivity index (χ1n) is 5.91. The van der Waals surface area contributed by atoms with Crippen molar-refractivity contribution in [1.82, 2.24) is 8.61 Å². The van der Waals surface area contributed by atoms with Crippen molar-refractivity contribution >= 4 is 16.2 Å². The lowest BCUT2D eigenvalue weighted by atomic mass is 10.1. The molecule has 1 N–H and O–H groups in total. The van der Waals surface area contributed by atoms with E-state index in [1.165, 1.54) is 11.4 Å². The molecule has 6 nitrogen and oxygen atoms in total. The average molecular weight is 284 g/mol. The Labute approximate surface area is 112 Å². The maximum atomic E-state index is 12.3. The lowest BCUT2D eigenvalue weighted by Crippen LogP contribution is -2.39. The molecule has 0 radical (unpaired) electrons. The number of rotatable bonds is 5. The Hall–Kier alpha value is -1.44.